The minimum absolute atomic E-state index is 0.0753. The highest BCUT2D eigenvalue weighted by Gasteiger charge is 2.32. The molecule has 1 aliphatic carbocycles. The van der Waals surface area contributed by atoms with E-state index in [1.165, 1.54) is 25.1 Å². The zero-order valence-electron chi connectivity index (χ0n) is 11.6. The summed E-state index contributed by atoms with van der Waals surface area (Å²) in [5.74, 6) is -0.292. The van der Waals surface area contributed by atoms with Gasteiger partial charge in [0.15, 0.2) is 0 Å². The molecule has 112 valence electrons. The molecule has 6 nitrogen and oxygen atoms in total. The van der Waals surface area contributed by atoms with E-state index in [2.05, 4.69) is 17.2 Å². The van der Waals surface area contributed by atoms with Crippen LogP contribution in [-0.4, -0.2) is 25.9 Å². The van der Waals surface area contributed by atoms with Crippen LogP contribution in [0.25, 0.3) is 0 Å². The Balaban J connectivity index is 2.00. The number of nitrogens with one attached hydrogen (secondary N) is 2. The van der Waals surface area contributed by atoms with Crippen molar-refractivity contribution in [3.8, 4) is 0 Å². The Morgan fingerprint density at radius 1 is 1.45 bits per heavy atom. The van der Waals surface area contributed by atoms with E-state index in [1.54, 1.807) is 0 Å². The second-order valence-electron chi connectivity index (χ2n) is 5.54. The highest BCUT2D eigenvalue weighted by molar-refractivity contribution is 7.89. The molecule has 0 unspecified atom stereocenters. The first kappa shape index (κ1) is 15.1. The van der Waals surface area contributed by atoms with E-state index in [1.807, 2.05) is 0 Å². The summed E-state index contributed by atoms with van der Waals surface area (Å²) < 4.78 is 22.3. The molecule has 1 aromatic rings. The van der Waals surface area contributed by atoms with Crippen LogP contribution in [0.15, 0.2) is 17.2 Å². The molecule has 1 amide bonds. The van der Waals surface area contributed by atoms with E-state index in [-0.39, 0.29) is 21.9 Å². The Hall–Kier alpha value is -1.34. The maximum atomic E-state index is 12.0. The van der Waals surface area contributed by atoms with Crippen LogP contribution in [0.4, 0.5) is 0 Å². The highest BCUT2D eigenvalue weighted by Crippen LogP contribution is 2.40. The summed E-state index contributed by atoms with van der Waals surface area (Å²) in [5.41, 5.74) is 0.420. The van der Waals surface area contributed by atoms with E-state index < -0.39 is 10.0 Å². The molecule has 1 fully saturated rings. The standard InChI is InChI=1S/C13H21N3O3S/c1-2-13(5-3-4-6-13)9-16-12(17)11-7-10(8-15-11)20(14,18)19/h7-8,15H,2-6,9H2,1H3,(H,16,17)(H2,14,18,19). The summed E-state index contributed by atoms with van der Waals surface area (Å²) in [4.78, 5) is 14.6. The van der Waals surface area contributed by atoms with Crippen molar-refractivity contribution >= 4 is 15.9 Å². The number of primary sulfonamides is 1. The quantitative estimate of drug-likeness (QED) is 0.764. The predicted octanol–water partition coefficient (Wildman–Crippen LogP) is 1.36. The van der Waals surface area contributed by atoms with E-state index in [0.717, 1.165) is 19.3 Å². The van der Waals surface area contributed by atoms with Crippen molar-refractivity contribution in [2.75, 3.05) is 6.54 Å². The second kappa shape index (κ2) is 5.57. The molecule has 0 aromatic carbocycles. The summed E-state index contributed by atoms with van der Waals surface area (Å²) in [7, 11) is -3.77. The lowest BCUT2D eigenvalue weighted by Gasteiger charge is -2.27. The average Bonchev–Trinajstić information content (AvgIpc) is 3.05. The van der Waals surface area contributed by atoms with Crippen molar-refractivity contribution < 1.29 is 13.2 Å². The molecule has 0 aliphatic heterocycles. The van der Waals surface area contributed by atoms with Crippen molar-refractivity contribution in [3.05, 3.63) is 18.0 Å². The van der Waals surface area contributed by atoms with E-state index >= 15 is 0 Å². The second-order valence-corrected chi connectivity index (χ2v) is 7.10. The number of hydrogen-bond acceptors (Lipinski definition) is 3. The molecule has 2 rings (SSSR count). The van der Waals surface area contributed by atoms with Crippen molar-refractivity contribution in [3.63, 3.8) is 0 Å². The van der Waals surface area contributed by atoms with Gasteiger partial charge in [-0.1, -0.05) is 19.8 Å². The number of carbonyl (C=O) groups is 1. The predicted molar refractivity (Wildman–Crippen MR) is 75.7 cm³/mol. The number of aromatic amines is 1. The Morgan fingerprint density at radius 2 is 2.10 bits per heavy atom. The number of nitrogens with two attached hydrogens (primary N) is 1. The first-order chi connectivity index (χ1) is 9.36. The van der Waals surface area contributed by atoms with Gasteiger partial charge in [0.2, 0.25) is 10.0 Å². The molecule has 0 bridgehead atoms. The Morgan fingerprint density at radius 3 is 2.60 bits per heavy atom. The lowest BCUT2D eigenvalue weighted by atomic mass is 9.83. The smallest absolute Gasteiger partial charge is 0.267 e. The first-order valence-electron chi connectivity index (χ1n) is 6.86. The largest absolute Gasteiger partial charge is 0.356 e. The lowest BCUT2D eigenvalue weighted by molar-refractivity contribution is 0.0924. The SMILES string of the molecule is CCC1(CNC(=O)c2cc(S(N)(=O)=O)c[nH]2)CCCC1. The van der Waals surface area contributed by atoms with Crippen molar-refractivity contribution in [2.24, 2.45) is 10.6 Å². The number of H-pyrrole nitrogens is 1. The minimum atomic E-state index is -3.77. The van der Waals surface area contributed by atoms with Gasteiger partial charge in [0, 0.05) is 12.7 Å². The van der Waals surface area contributed by atoms with Crippen LogP contribution in [0.1, 0.15) is 49.5 Å². The zero-order valence-corrected chi connectivity index (χ0v) is 12.4. The van der Waals surface area contributed by atoms with Gasteiger partial charge >= 0.3 is 0 Å². The molecule has 1 aliphatic rings. The molecule has 1 saturated carbocycles. The molecular weight excluding hydrogens is 278 g/mol. The molecule has 1 aromatic heterocycles. The molecule has 0 spiro atoms. The summed E-state index contributed by atoms with van der Waals surface area (Å²) in [6, 6.07) is 1.26. The number of hydrogen-bond donors (Lipinski definition) is 3. The maximum Gasteiger partial charge on any atom is 0.267 e. The van der Waals surface area contributed by atoms with Gasteiger partial charge in [-0.3, -0.25) is 4.79 Å². The zero-order chi connectivity index (χ0) is 14.8. The third-order valence-corrected chi connectivity index (χ3v) is 5.16. The highest BCUT2D eigenvalue weighted by atomic mass is 32.2. The number of carbonyl (C=O) groups excluding carboxylic acids is 1. The minimum Gasteiger partial charge on any atom is -0.356 e. The van der Waals surface area contributed by atoms with Crippen LogP contribution in [-0.2, 0) is 10.0 Å². The summed E-state index contributed by atoms with van der Waals surface area (Å²) in [6.45, 7) is 2.78. The maximum absolute atomic E-state index is 12.0. The fourth-order valence-corrected chi connectivity index (χ4v) is 3.32. The van der Waals surface area contributed by atoms with Crippen LogP contribution in [0.3, 0.4) is 0 Å². The molecule has 4 N–H and O–H groups in total. The summed E-state index contributed by atoms with van der Waals surface area (Å²) >= 11 is 0. The van der Waals surface area contributed by atoms with Crippen molar-refractivity contribution in [1.29, 1.82) is 0 Å². The number of amides is 1. The Kier molecular flexibility index (Phi) is 4.19. The fraction of sp³-hybridized carbons (Fsp3) is 0.615. The number of rotatable bonds is 5. The molecule has 20 heavy (non-hydrogen) atoms. The third kappa shape index (κ3) is 3.21. The van der Waals surface area contributed by atoms with Gasteiger partial charge in [-0.2, -0.15) is 0 Å². The van der Waals surface area contributed by atoms with Gasteiger partial charge in [-0.15, -0.1) is 0 Å². The fourth-order valence-electron chi connectivity index (χ4n) is 2.81. The topological polar surface area (TPSA) is 105 Å². The number of aromatic nitrogens is 1. The van der Waals surface area contributed by atoms with Gasteiger partial charge in [0.25, 0.3) is 5.91 Å². The van der Waals surface area contributed by atoms with Gasteiger partial charge in [-0.05, 0) is 30.7 Å². The van der Waals surface area contributed by atoms with Gasteiger partial charge < -0.3 is 10.3 Å². The van der Waals surface area contributed by atoms with Crippen LogP contribution >= 0.6 is 0 Å². The first-order valence-corrected chi connectivity index (χ1v) is 8.40. The summed E-state index contributed by atoms with van der Waals surface area (Å²) in [6.07, 6.45) is 6.97. The van der Waals surface area contributed by atoms with Gasteiger partial charge in [-0.25, -0.2) is 13.6 Å². The van der Waals surface area contributed by atoms with Crippen molar-refractivity contribution in [2.45, 2.75) is 43.9 Å². The average molecular weight is 299 g/mol. The van der Waals surface area contributed by atoms with Crippen LogP contribution < -0.4 is 10.5 Å². The number of sulfonamides is 1. The Bertz CT molecular complexity index is 586. The van der Waals surface area contributed by atoms with E-state index in [9.17, 15) is 13.2 Å². The third-order valence-electron chi connectivity index (χ3n) is 4.27. The van der Waals surface area contributed by atoms with Crippen LogP contribution in [0.2, 0.25) is 0 Å². The molecule has 0 saturated heterocycles. The molecule has 1 heterocycles. The molecule has 7 heteroatoms. The van der Waals surface area contributed by atoms with Crippen LogP contribution in [0, 0.1) is 5.41 Å². The van der Waals surface area contributed by atoms with E-state index in [4.69, 9.17) is 5.14 Å². The van der Waals surface area contributed by atoms with E-state index in [0.29, 0.717) is 6.54 Å². The lowest BCUT2D eigenvalue weighted by Crippen LogP contribution is -2.35. The molecule has 0 radical (unpaired) electrons. The Labute approximate surface area is 119 Å². The molecule has 0 atom stereocenters. The monoisotopic (exact) mass is 299 g/mol. The van der Waals surface area contributed by atoms with Gasteiger partial charge in [0.1, 0.15) is 5.69 Å². The summed E-state index contributed by atoms with van der Waals surface area (Å²) in [5, 5.41) is 7.90. The molecular formula is C13H21N3O3S. The van der Waals surface area contributed by atoms with Gasteiger partial charge in [0.05, 0.1) is 4.90 Å². The normalized spacial score (nSPS) is 18.1. The van der Waals surface area contributed by atoms with Crippen molar-refractivity contribution in [1.82, 2.24) is 10.3 Å². The van der Waals surface area contributed by atoms with Crippen LogP contribution in [0.5, 0.6) is 0 Å².